The first-order valence-corrected chi connectivity index (χ1v) is 29.2. The number of likely N-dealkylation sites (tertiary alicyclic amines) is 4. The predicted octanol–water partition coefficient (Wildman–Crippen LogP) is 11.4. The fourth-order valence-electron chi connectivity index (χ4n) is 11.3. The third-order valence-corrected chi connectivity index (χ3v) is 17.4. The van der Waals surface area contributed by atoms with Crippen molar-refractivity contribution >= 4 is 98.7 Å². The Hall–Kier alpha value is -4.89. The van der Waals surface area contributed by atoms with E-state index < -0.39 is 0 Å². The number of hydrogen-bond donors (Lipinski definition) is 2. The molecule has 4 saturated heterocycles. The van der Waals surface area contributed by atoms with Crippen molar-refractivity contribution in [2.75, 3.05) is 99.4 Å². The summed E-state index contributed by atoms with van der Waals surface area (Å²) in [6.07, 6.45) is 11.3. The molecule has 0 bridgehead atoms. The van der Waals surface area contributed by atoms with Crippen molar-refractivity contribution in [2.24, 2.45) is 23.7 Å². The first-order valence-electron chi connectivity index (χ1n) is 27.7. The van der Waals surface area contributed by atoms with E-state index in [9.17, 15) is 24.0 Å². The van der Waals surface area contributed by atoms with E-state index in [1.54, 1.807) is 38.1 Å². The molecule has 4 aliphatic heterocycles. The van der Waals surface area contributed by atoms with Crippen molar-refractivity contribution in [2.45, 2.75) is 97.8 Å². The Bertz CT molecular complexity index is 2590. The number of nitrogens with zero attached hydrogens (tertiary/aromatic N) is 6. The first-order chi connectivity index (χ1) is 37.0. The average Bonchev–Trinajstić information content (AvgIpc) is 3.42. The molecule has 17 heteroatoms. The van der Waals surface area contributed by atoms with Crippen molar-refractivity contribution in [3.63, 3.8) is 0 Å². The number of nitrogen functional groups attached to an aromatic ring is 1. The highest BCUT2D eigenvalue weighted by molar-refractivity contribution is 6.42. The lowest BCUT2D eigenvalue weighted by Crippen LogP contribution is -2.45. The fourth-order valence-corrected chi connectivity index (χ4v) is 11.9. The van der Waals surface area contributed by atoms with Gasteiger partial charge in [-0.15, -0.1) is 0 Å². The largest absolute Gasteiger partial charge is 0.399 e. The van der Waals surface area contributed by atoms with Crippen molar-refractivity contribution < 1.29 is 24.0 Å². The van der Waals surface area contributed by atoms with E-state index >= 15 is 0 Å². The average molecular weight is 1130 g/mol. The Labute approximate surface area is 476 Å². The number of rotatable bonds is 17. The number of nitrogens with one attached hydrogen (secondary N) is 1. The van der Waals surface area contributed by atoms with Gasteiger partial charge in [0.05, 0.1) is 20.1 Å². The minimum atomic E-state index is -0.104. The normalized spacial score (nSPS) is 17.3. The monoisotopic (exact) mass is 1130 g/mol. The van der Waals surface area contributed by atoms with Gasteiger partial charge in [-0.3, -0.25) is 24.0 Å². The zero-order valence-electron chi connectivity index (χ0n) is 45.2. The maximum Gasteiger partial charge on any atom is 0.230 e. The quantitative estimate of drug-likeness (QED) is 0.0995. The number of hydrogen-bond acceptors (Lipinski definition) is 8. The van der Waals surface area contributed by atoms with Crippen LogP contribution in [0.4, 0.5) is 22.7 Å². The summed E-state index contributed by atoms with van der Waals surface area (Å²) in [6, 6.07) is 27.2. The van der Waals surface area contributed by atoms with E-state index in [1.165, 1.54) is 30.9 Å². The third-order valence-electron chi connectivity index (χ3n) is 16.0. The van der Waals surface area contributed by atoms with Crippen LogP contribution in [-0.4, -0.2) is 128 Å². The number of nitrogens with two attached hydrogens (primary N) is 1. The number of amides is 5. The molecule has 4 fully saturated rings. The zero-order chi connectivity index (χ0) is 55.0. The number of halogens is 4. The minimum Gasteiger partial charge on any atom is -0.399 e. The van der Waals surface area contributed by atoms with Crippen LogP contribution >= 0.6 is 46.4 Å². The molecule has 8 rings (SSSR count). The summed E-state index contributed by atoms with van der Waals surface area (Å²) in [4.78, 5) is 74.4. The molecule has 13 nitrogen and oxygen atoms in total. The molecule has 416 valence electrons. The lowest BCUT2D eigenvalue weighted by molar-refractivity contribution is -0.133. The summed E-state index contributed by atoms with van der Waals surface area (Å²) in [7, 11) is 0. The van der Waals surface area contributed by atoms with Crippen LogP contribution < -0.4 is 20.9 Å². The molecule has 0 radical (unpaired) electrons. The van der Waals surface area contributed by atoms with Crippen LogP contribution in [0.15, 0.2) is 84.9 Å². The summed E-state index contributed by atoms with van der Waals surface area (Å²) in [5.41, 5.74) is 11.7. The van der Waals surface area contributed by atoms with Gasteiger partial charge in [0.15, 0.2) is 0 Å². The lowest BCUT2D eigenvalue weighted by Gasteiger charge is -2.35. The molecule has 0 aliphatic carbocycles. The van der Waals surface area contributed by atoms with Gasteiger partial charge < -0.3 is 40.4 Å². The second-order valence-electron chi connectivity index (χ2n) is 21.5. The standard InChI is InChI=1S/C31H40Cl2N4O3.C29H38Cl2N4O2/c1-22(38)34-27-6-4-24(5-7-27)20-25-10-16-35(17-11-25)14-3-15-37(28-8-9-29(32)30(33)21-28)31(40)26-12-18-36(19-13-26)23(2)39;1-21(36)34-17-11-24(12-18-34)29(37)35(26-7-8-27(30)28(31)20-26)14-2-13-33-15-9-23(10-16-33)19-22-3-5-25(32)6-4-22/h4-9,21,25-26H,3,10-20H2,1-2H3,(H,34,38);3-8,20,23-24H,2,9-19,32H2,1H3. The van der Waals surface area contributed by atoms with Gasteiger partial charge in [-0.05, 0) is 200 Å². The lowest BCUT2D eigenvalue weighted by atomic mass is 9.90. The van der Waals surface area contributed by atoms with Crippen molar-refractivity contribution in [3.05, 3.63) is 116 Å². The number of carbonyl (C=O) groups is 5. The molecular weight excluding hydrogens is 1050 g/mol. The maximum absolute atomic E-state index is 13.7. The fraction of sp³-hybridized carbons (Fsp3) is 0.517. The molecule has 0 aromatic heterocycles. The Balaban J connectivity index is 0.000000224. The highest BCUT2D eigenvalue weighted by atomic mass is 35.5. The molecule has 3 N–H and O–H groups in total. The molecule has 4 aromatic carbocycles. The number of carbonyl (C=O) groups excluding carboxylic acids is 5. The molecule has 0 unspecified atom stereocenters. The maximum atomic E-state index is 13.7. The molecule has 0 atom stereocenters. The summed E-state index contributed by atoms with van der Waals surface area (Å²) >= 11 is 24.9. The van der Waals surface area contributed by atoms with Crippen molar-refractivity contribution in [1.82, 2.24) is 19.6 Å². The van der Waals surface area contributed by atoms with Crippen molar-refractivity contribution in [3.8, 4) is 0 Å². The zero-order valence-corrected chi connectivity index (χ0v) is 48.2. The molecule has 4 heterocycles. The smallest absolute Gasteiger partial charge is 0.230 e. The van der Waals surface area contributed by atoms with Crippen LogP contribution in [0.25, 0.3) is 0 Å². The third kappa shape index (κ3) is 18.1. The van der Waals surface area contributed by atoms with Gasteiger partial charge in [-0.25, -0.2) is 0 Å². The van der Waals surface area contributed by atoms with Gasteiger partial charge in [0.1, 0.15) is 0 Å². The van der Waals surface area contributed by atoms with E-state index in [-0.39, 0.29) is 41.4 Å². The van der Waals surface area contributed by atoms with E-state index in [4.69, 9.17) is 52.1 Å². The van der Waals surface area contributed by atoms with E-state index in [0.29, 0.717) is 96.9 Å². The van der Waals surface area contributed by atoms with Gasteiger partial charge in [-0.1, -0.05) is 70.7 Å². The number of anilines is 4. The van der Waals surface area contributed by atoms with Gasteiger partial charge >= 0.3 is 0 Å². The second kappa shape index (κ2) is 29.4. The van der Waals surface area contributed by atoms with Gasteiger partial charge in [-0.2, -0.15) is 0 Å². The van der Waals surface area contributed by atoms with Crippen molar-refractivity contribution in [1.29, 1.82) is 0 Å². The molecule has 5 amide bonds. The molecule has 0 saturated carbocycles. The van der Waals surface area contributed by atoms with Gasteiger partial charge in [0, 0.05) is 94.6 Å². The number of piperidine rings is 4. The first kappa shape index (κ1) is 59.8. The molecule has 77 heavy (non-hydrogen) atoms. The van der Waals surface area contributed by atoms with Crippen LogP contribution in [-0.2, 0) is 36.8 Å². The van der Waals surface area contributed by atoms with E-state index in [0.717, 1.165) is 101 Å². The topological polar surface area (TPSA) is 143 Å². The molecular formula is C60H78Cl4N8O5. The van der Waals surface area contributed by atoms with Crippen LogP contribution in [0.2, 0.25) is 20.1 Å². The van der Waals surface area contributed by atoms with Crippen LogP contribution in [0, 0.1) is 23.7 Å². The van der Waals surface area contributed by atoms with E-state index in [1.807, 2.05) is 56.0 Å². The summed E-state index contributed by atoms with van der Waals surface area (Å²) in [5, 5.41) is 4.66. The summed E-state index contributed by atoms with van der Waals surface area (Å²) in [5.74, 6) is 1.46. The predicted molar refractivity (Wildman–Crippen MR) is 314 cm³/mol. The summed E-state index contributed by atoms with van der Waals surface area (Å²) < 4.78 is 0. The Morgan fingerprint density at radius 3 is 1.23 bits per heavy atom. The summed E-state index contributed by atoms with van der Waals surface area (Å²) in [6.45, 7) is 14.6. The van der Waals surface area contributed by atoms with Crippen LogP contribution in [0.3, 0.4) is 0 Å². The minimum absolute atomic E-state index is 0.0560. The Morgan fingerprint density at radius 1 is 0.506 bits per heavy atom. The van der Waals surface area contributed by atoms with Gasteiger partial charge in [0.2, 0.25) is 29.5 Å². The number of benzene rings is 4. The highest BCUT2D eigenvalue weighted by Gasteiger charge is 2.32. The highest BCUT2D eigenvalue weighted by Crippen LogP contribution is 2.33. The van der Waals surface area contributed by atoms with Crippen LogP contribution in [0.5, 0.6) is 0 Å². The molecule has 4 aliphatic rings. The van der Waals surface area contributed by atoms with Crippen LogP contribution in [0.1, 0.15) is 96.1 Å². The molecule has 4 aromatic rings. The van der Waals surface area contributed by atoms with E-state index in [2.05, 4.69) is 39.4 Å². The SMILES string of the molecule is CC(=O)N1CCC(C(=O)N(CCCN2CCC(Cc3ccc(N)cc3)CC2)c2ccc(Cl)c(Cl)c2)CC1.CC(=O)Nc1ccc(CC2CCN(CCCN(C(=O)C3CCN(C(C)=O)CC3)c3ccc(Cl)c(Cl)c3)CC2)cc1. The van der Waals surface area contributed by atoms with Gasteiger partial charge in [0.25, 0.3) is 0 Å². The Morgan fingerprint density at radius 2 is 0.883 bits per heavy atom. The molecule has 0 spiro atoms. The Kier molecular flexibility index (Phi) is 22.8. The second-order valence-corrected chi connectivity index (χ2v) is 23.2.